The fourth-order valence-corrected chi connectivity index (χ4v) is 2.05. The summed E-state index contributed by atoms with van der Waals surface area (Å²) in [5, 5.41) is 0. The van der Waals surface area contributed by atoms with Crippen LogP contribution in [-0.4, -0.2) is 18.9 Å². The van der Waals surface area contributed by atoms with Gasteiger partial charge in [0.15, 0.2) is 5.78 Å². The number of Topliss-reactive ketones (excluding diaryl/α,β-unsaturated/α-hetero) is 1. The highest BCUT2D eigenvalue weighted by Gasteiger charge is 2.12. The van der Waals surface area contributed by atoms with Gasteiger partial charge >= 0.3 is 5.97 Å². The monoisotopic (exact) mass is 256 g/mol. The molecule has 0 heterocycles. The molecule has 0 radical (unpaired) electrons. The molecule has 0 fully saturated rings. The Balaban J connectivity index is 2.34. The maximum Gasteiger partial charge on any atom is 0.337 e. The topological polar surface area (TPSA) is 43.4 Å². The van der Waals surface area contributed by atoms with Crippen molar-refractivity contribution in [3.63, 3.8) is 0 Å². The molecule has 0 spiro atoms. The number of fused-ring (bicyclic) bond motifs is 1. The van der Waals surface area contributed by atoms with Gasteiger partial charge in [0.05, 0.1) is 12.7 Å². The summed E-state index contributed by atoms with van der Waals surface area (Å²) in [5.74, 6) is -0.212. The van der Waals surface area contributed by atoms with Crippen LogP contribution >= 0.6 is 0 Å². The van der Waals surface area contributed by atoms with Gasteiger partial charge in [-0.2, -0.15) is 0 Å². The molecule has 98 valence electrons. The summed E-state index contributed by atoms with van der Waals surface area (Å²) in [7, 11) is 1.37. The standard InChI is InChI=1S/C16H16O3/c1-3-15(17)14-9-5-11-4-6-12(16(18)19-2)7-8-13(11)10-14/h5-10H,3-4H2,1-2H3. The third-order valence-corrected chi connectivity index (χ3v) is 3.19. The molecule has 0 aromatic heterocycles. The van der Waals surface area contributed by atoms with E-state index in [1.807, 2.05) is 37.3 Å². The Kier molecular flexibility index (Phi) is 3.95. The Morgan fingerprint density at radius 1 is 1.26 bits per heavy atom. The first-order valence-electron chi connectivity index (χ1n) is 6.28. The number of benzene rings is 1. The molecule has 2 rings (SSSR count). The van der Waals surface area contributed by atoms with E-state index in [0.29, 0.717) is 24.0 Å². The highest BCUT2D eigenvalue weighted by molar-refractivity contribution is 5.97. The molecule has 0 saturated heterocycles. The number of ether oxygens (including phenoxy) is 1. The molecule has 1 aromatic rings. The van der Waals surface area contributed by atoms with Gasteiger partial charge in [-0.1, -0.05) is 31.2 Å². The SMILES string of the molecule is CCC(=O)c1ccc2c(c1)C=CC(C(=O)OC)=CC2. The van der Waals surface area contributed by atoms with Crippen molar-refractivity contribution < 1.29 is 14.3 Å². The van der Waals surface area contributed by atoms with Gasteiger partial charge in [0.2, 0.25) is 0 Å². The minimum atomic E-state index is -0.339. The molecule has 1 aromatic carbocycles. The van der Waals surface area contributed by atoms with Crippen LogP contribution in [0, 0.1) is 0 Å². The van der Waals surface area contributed by atoms with Crippen molar-refractivity contribution in [1.29, 1.82) is 0 Å². The molecule has 3 nitrogen and oxygen atoms in total. The van der Waals surface area contributed by atoms with E-state index < -0.39 is 0 Å². The second-order valence-corrected chi connectivity index (χ2v) is 4.38. The van der Waals surface area contributed by atoms with E-state index in [-0.39, 0.29) is 11.8 Å². The Bertz CT molecular complexity index is 580. The highest BCUT2D eigenvalue weighted by atomic mass is 16.5. The number of rotatable bonds is 3. The molecule has 0 saturated carbocycles. The number of esters is 1. The lowest BCUT2D eigenvalue weighted by Gasteiger charge is -2.05. The Morgan fingerprint density at radius 2 is 2.05 bits per heavy atom. The largest absolute Gasteiger partial charge is 0.465 e. The van der Waals surface area contributed by atoms with Gasteiger partial charge in [0.1, 0.15) is 0 Å². The van der Waals surface area contributed by atoms with Crippen LogP contribution in [0.3, 0.4) is 0 Å². The van der Waals surface area contributed by atoms with Crippen molar-refractivity contribution in [1.82, 2.24) is 0 Å². The molecule has 1 aliphatic rings. The number of ketones is 1. The molecule has 0 atom stereocenters. The Labute approximate surface area is 112 Å². The number of hydrogen-bond acceptors (Lipinski definition) is 3. The molecule has 0 N–H and O–H groups in total. The second kappa shape index (κ2) is 5.65. The van der Waals surface area contributed by atoms with Crippen molar-refractivity contribution in [3.8, 4) is 0 Å². The lowest BCUT2D eigenvalue weighted by atomic mass is 9.99. The van der Waals surface area contributed by atoms with Crippen molar-refractivity contribution in [3.05, 3.63) is 52.6 Å². The summed E-state index contributed by atoms with van der Waals surface area (Å²) in [4.78, 5) is 23.2. The zero-order chi connectivity index (χ0) is 13.8. The van der Waals surface area contributed by atoms with Crippen molar-refractivity contribution in [2.75, 3.05) is 7.11 Å². The summed E-state index contributed by atoms with van der Waals surface area (Å²) in [6.07, 6.45) is 6.59. The first-order chi connectivity index (χ1) is 9.15. The average Bonchev–Trinajstić information content (AvgIpc) is 2.67. The summed E-state index contributed by atoms with van der Waals surface area (Å²) in [6.45, 7) is 1.85. The fraction of sp³-hybridized carbons (Fsp3) is 0.250. The van der Waals surface area contributed by atoms with Crippen LogP contribution in [-0.2, 0) is 16.0 Å². The second-order valence-electron chi connectivity index (χ2n) is 4.38. The first kappa shape index (κ1) is 13.3. The number of hydrogen-bond donors (Lipinski definition) is 0. The maximum absolute atomic E-state index is 11.7. The zero-order valence-corrected chi connectivity index (χ0v) is 11.1. The van der Waals surface area contributed by atoms with Crippen LogP contribution in [0.15, 0.2) is 35.9 Å². The van der Waals surface area contributed by atoms with Crippen LogP contribution in [0.1, 0.15) is 34.8 Å². The van der Waals surface area contributed by atoms with Gasteiger partial charge < -0.3 is 4.74 Å². The first-order valence-corrected chi connectivity index (χ1v) is 6.28. The van der Waals surface area contributed by atoms with Crippen LogP contribution in [0.2, 0.25) is 0 Å². The molecular weight excluding hydrogens is 240 g/mol. The summed E-state index contributed by atoms with van der Waals surface area (Å²) in [6, 6.07) is 5.67. The lowest BCUT2D eigenvalue weighted by molar-refractivity contribution is -0.135. The maximum atomic E-state index is 11.7. The normalized spacial score (nSPS) is 13.3. The van der Waals surface area contributed by atoms with Crippen molar-refractivity contribution >= 4 is 17.8 Å². The lowest BCUT2D eigenvalue weighted by Crippen LogP contribution is -2.02. The number of methoxy groups -OCH3 is 1. The molecule has 0 aliphatic heterocycles. The zero-order valence-electron chi connectivity index (χ0n) is 11.1. The third-order valence-electron chi connectivity index (χ3n) is 3.19. The summed E-state index contributed by atoms with van der Waals surface area (Å²) < 4.78 is 4.71. The van der Waals surface area contributed by atoms with E-state index in [2.05, 4.69) is 0 Å². The van der Waals surface area contributed by atoms with Gasteiger partial charge in [-0.15, -0.1) is 0 Å². The molecular formula is C16H16O3. The molecule has 3 heteroatoms. The molecule has 1 aliphatic carbocycles. The Hall–Kier alpha value is -2.16. The van der Waals surface area contributed by atoms with Gasteiger partial charge in [-0.05, 0) is 29.7 Å². The summed E-state index contributed by atoms with van der Waals surface area (Å²) in [5.41, 5.74) is 3.34. The smallest absolute Gasteiger partial charge is 0.337 e. The minimum absolute atomic E-state index is 0.126. The van der Waals surface area contributed by atoms with Crippen molar-refractivity contribution in [2.24, 2.45) is 0 Å². The average molecular weight is 256 g/mol. The van der Waals surface area contributed by atoms with Gasteiger partial charge in [-0.25, -0.2) is 4.79 Å². The number of allylic oxidation sites excluding steroid dienone is 1. The van der Waals surface area contributed by atoms with Crippen LogP contribution < -0.4 is 0 Å². The number of carbonyl (C=O) groups excluding carboxylic acids is 2. The molecule has 19 heavy (non-hydrogen) atoms. The number of carbonyl (C=O) groups is 2. The third kappa shape index (κ3) is 2.81. The van der Waals surface area contributed by atoms with Gasteiger partial charge in [0, 0.05) is 12.0 Å². The van der Waals surface area contributed by atoms with E-state index in [9.17, 15) is 9.59 Å². The van der Waals surface area contributed by atoms with Crippen molar-refractivity contribution in [2.45, 2.75) is 19.8 Å². The van der Waals surface area contributed by atoms with E-state index in [4.69, 9.17) is 4.74 Å². The molecule has 0 unspecified atom stereocenters. The fourth-order valence-electron chi connectivity index (χ4n) is 2.05. The van der Waals surface area contributed by atoms with Crippen LogP contribution in [0.4, 0.5) is 0 Å². The minimum Gasteiger partial charge on any atom is -0.465 e. The van der Waals surface area contributed by atoms with Crippen LogP contribution in [0.25, 0.3) is 6.08 Å². The predicted molar refractivity (Wildman–Crippen MR) is 73.9 cm³/mol. The van der Waals surface area contributed by atoms with Gasteiger partial charge in [0.25, 0.3) is 0 Å². The van der Waals surface area contributed by atoms with E-state index in [1.54, 1.807) is 6.08 Å². The van der Waals surface area contributed by atoms with E-state index >= 15 is 0 Å². The van der Waals surface area contributed by atoms with Gasteiger partial charge in [-0.3, -0.25) is 4.79 Å². The molecule has 0 amide bonds. The molecule has 0 bridgehead atoms. The highest BCUT2D eigenvalue weighted by Crippen LogP contribution is 2.21. The van der Waals surface area contributed by atoms with E-state index in [1.165, 1.54) is 7.11 Å². The Morgan fingerprint density at radius 3 is 2.74 bits per heavy atom. The van der Waals surface area contributed by atoms with E-state index in [0.717, 1.165) is 11.1 Å². The predicted octanol–water partition coefficient (Wildman–Crippen LogP) is 2.95. The quantitative estimate of drug-likeness (QED) is 0.617. The van der Waals surface area contributed by atoms with Crippen LogP contribution in [0.5, 0.6) is 0 Å². The summed E-state index contributed by atoms with van der Waals surface area (Å²) >= 11 is 0.